The molecule has 0 aliphatic carbocycles. The van der Waals surface area contributed by atoms with Crippen LogP contribution in [0.4, 0.5) is 0 Å². The summed E-state index contributed by atoms with van der Waals surface area (Å²) >= 11 is 0. The van der Waals surface area contributed by atoms with E-state index in [1.807, 2.05) is 0 Å². The van der Waals surface area contributed by atoms with Crippen molar-refractivity contribution < 1.29 is 14.8 Å². The number of rotatable bonds is 3. The molecule has 2 N–H and O–H groups in total. The van der Waals surface area contributed by atoms with Crippen LogP contribution in [0.15, 0.2) is 4.99 Å². The Balaban J connectivity index is 2.97. The summed E-state index contributed by atoms with van der Waals surface area (Å²) in [5.74, 6) is -1.72. The minimum atomic E-state index is -0.999. The Kier molecular flexibility index (Phi) is 2.91. The van der Waals surface area contributed by atoms with Crippen LogP contribution in [0.1, 0.15) is 34.1 Å². The molecule has 0 saturated heterocycles. The van der Waals surface area contributed by atoms with Crippen LogP contribution < -0.4 is 5.73 Å². The first kappa shape index (κ1) is 12.8. The smallest absolute Gasteiger partial charge is 0.285 e. The Hall–Kier alpha value is -1.27. The molecule has 1 heterocycles. The van der Waals surface area contributed by atoms with Crippen molar-refractivity contribution in [2.75, 3.05) is 0 Å². The minimum Gasteiger partial charge on any atom is -0.363 e. The molecule has 1 radical (unpaired) electrons. The fourth-order valence-electron chi connectivity index (χ4n) is 1.81. The number of nitrogens with zero attached hydrogens (tertiary/aromatic N) is 2. The molecule has 1 aliphatic rings. The lowest BCUT2D eigenvalue weighted by Gasteiger charge is -2.31. The molecule has 0 aromatic heterocycles. The molecule has 6 nitrogen and oxygen atoms in total. The SMILES string of the molecule is CC1(C)N=C(CC(=O)C(N)=O)C(C)(C)N1[O]. The Morgan fingerprint density at radius 3 is 2.12 bits per heavy atom. The highest BCUT2D eigenvalue weighted by molar-refractivity contribution is 6.39. The Morgan fingerprint density at radius 1 is 1.31 bits per heavy atom. The van der Waals surface area contributed by atoms with E-state index in [0.29, 0.717) is 5.71 Å². The van der Waals surface area contributed by atoms with E-state index in [4.69, 9.17) is 5.73 Å². The van der Waals surface area contributed by atoms with E-state index in [9.17, 15) is 14.8 Å². The molecule has 0 saturated carbocycles. The number of hydrogen-bond donors (Lipinski definition) is 1. The number of primary amides is 1. The monoisotopic (exact) mass is 226 g/mol. The maximum atomic E-state index is 11.9. The number of hydroxylamine groups is 2. The number of carbonyl (C=O) groups is 2. The van der Waals surface area contributed by atoms with Crippen molar-refractivity contribution in [3.8, 4) is 0 Å². The van der Waals surface area contributed by atoms with E-state index < -0.39 is 22.9 Å². The number of carbonyl (C=O) groups excluding carboxylic acids is 2. The maximum Gasteiger partial charge on any atom is 0.285 e. The van der Waals surface area contributed by atoms with Crippen molar-refractivity contribution in [2.45, 2.75) is 45.3 Å². The van der Waals surface area contributed by atoms with Gasteiger partial charge in [-0.05, 0) is 27.7 Å². The van der Waals surface area contributed by atoms with E-state index in [-0.39, 0.29) is 6.42 Å². The molecule has 0 fully saturated rings. The van der Waals surface area contributed by atoms with Crippen LogP contribution in [-0.2, 0) is 14.8 Å². The molecule has 1 aliphatic heterocycles. The van der Waals surface area contributed by atoms with Gasteiger partial charge in [0, 0.05) is 5.71 Å². The molecule has 0 atom stereocenters. The number of nitrogens with two attached hydrogens (primary N) is 1. The van der Waals surface area contributed by atoms with Crippen LogP contribution in [0.25, 0.3) is 0 Å². The summed E-state index contributed by atoms with van der Waals surface area (Å²) in [4.78, 5) is 26.1. The Labute approximate surface area is 94.1 Å². The zero-order chi connectivity index (χ0) is 12.7. The van der Waals surface area contributed by atoms with Crippen LogP contribution in [-0.4, -0.2) is 33.7 Å². The molecule has 1 amide bonds. The summed E-state index contributed by atoms with van der Waals surface area (Å²) in [6, 6.07) is 0. The molecule has 6 heteroatoms. The average Bonchev–Trinajstić information content (AvgIpc) is 2.27. The summed E-state index contributed by atoms with van der Waals surface area (Å²) in [5.41, 5.74) is 3.48. The highest BCUT2D eigenvalue weighted by Gasteiger charge is 2.48. The third kappa shape index (κ3) is 1.98. The molecular formula is C10H16N3O3. The summed E-state index contributed by atoms with van der Waals surface area (Å²) in [7, 11) is 0. The fraction of sp³-hybridized carbons (Fsp3) is 0.700. The normalized spacial score (nSPS) is 22.9. The van der Waals surface area contributed by atoms with Gasteiger partial charge >= 0.3 is 0 Å². The highest BCUT2D eigenvalue weighted by Crippen LogP contribution is 2.34. The third-order valence-corrected chi connectivity index (χ3v) is 2.72. The quantitative estimate of drug-likeness (QED) is 0.688. The van der Waals surface area contributed by atoms with Gasteiger partial charge in [-0.2, -0.15) is 0 Å². The second kappa shape index (κ2) is 3.64. The molecule has 89 valence electrons. The molecule has 0 aromatic carbocycles. The lowest BCUT2D eigenvalue weighted by Crippen LogP contribution is -2.49. The summed E-state index contributed by atoms with van der Waals surface area (Å²) in [5, 5.41) is 12.7. The van der Waals surface area contributed by atoms with Gasteiger partial charge in [0.15, 0.2) is 0 Å². The third-order valence-electron chi connectivity index (χ3n) is 2.72. The van der Waals surface area contributed by atoms with Gasteiger partial charge in [-0.3, -0.25) is 14.6 Å². The molecular weight excluding hydrogens is 210 g/mol. The molecule has 16 heavy (non-hydrogen) atoms. The van der Waals surface area contributed by atoms with Crippen molar-refractivity contribution in [3.05, 3.63) is 0 Å². The standard InChI is InChI=1S/C10H16N3O3/c1-9(2)7(5-6(14)8(11)15)12-10(3,4)13(9)16/h5H2,1-4H3,(H2,11,15). The van der Waals surface area contributed by atoms with E-state index in [2.05, 4.69) is 4.99 Å². The molecule has 0 aromatic rings. The largest absolute Gasteiger partial charge is 0.363 e. The van der Waals surface area contributed by atoms with Gasteiger partial charge in [-0.25, -0.2) is 0 Å². The summed E-state index contributed by atoms with van der Waals surface area (Å²) in [6.07, 6.45) is -0.190. The second-order valence-electron chi connectivity index (χ2n) is 4.87. The van der Waals surface area contributed by atoms with E-state index in [1.165, 1.54) is 0 Å². The number of amides is 1. The van der Waals surface area contributed by atoms with Gasteiger partial charge in [0.2, 0.25) is 5.78 Å². The predicted octanol–water partition coefficient (Wildman–Crippen LogP) is 0.0477. The lowest BCUT2D eigenvalue weighted by molar-refractivity contribution is -0.241. The van der Waals surface area contributed by atoms with Gasteiger partial charge < -0.3 is 5.73 Å². The predicted molar refractivity (Wildman–Crippen MR) is 56.9 cm³/mol. The molecule has 0 bridgehead atoms. The minimum absolute atomic E-state index is 0.190. The fourth-order valence-corrected chi connectivity index (χ4v) is 1.81. The van der Waals surface area contributed by atoms with Crippen LogP contribution in [0.3, 0.4) is 0 Å². The van der Waals surface area contributed by atoms with Crippen LogP contribution >= 0.6 is 0 Å². The average molecular weight is 226 g/mol. The van der Waals surface area contributed by atoms with E-state index >= 15 is 0 Å². The van der Waals surface area contributed by atoms with Crippen molar-refractivity contribution in [2.24, 2.45) is 10.7 Å². The van der Waals surface area contributed by atoms with Crippen molar-refractivity contribution in [1.29, 1.82) is 0 Å². The van der Waals surface area contributed by atoms with Crippen molar-refractivity contribution in [1.82, 2.24) is 5.06 Å². The first-order chi connectivity index (χ1) is 7.09. The van der Waals surface area contributed by atoms with E-state index in [0.717, 1.165) is 5.06 Å². The van der Waals surface area contributed by atoms with Gasteiger partial charge in [-0.1, -0.05) is 0 Å². The topological polar surface area (TPSA) is 95.7 Å². The number of Topliss-reactive ketones (excluding diaryl/α,β-unsaturated/α-hetero) is 1. The van der Waals surface area contributed by atoms with Crippen molar-refractivity contribution in [3.63, 3.8) is 0 Å². The first-order valence-corrected chi connectivity index (χ1v) is 4.98. The summed E-state index contributed by atoms with van der Waals surface area (Å²) in [6.45, 7) is 6.65. The second-order valence-corrected chi connectivity index (χ2v) is 4.87. The highest BCUT2D eigenvalue weighted by atomic mass is 16.5. The molecule has 0 spiro atoms. The number of hydrogen-bond acceptors (Lipinski definition) is 4. The zero-order valence-corrected chi connectivity index (χ0v) is 9.90. The van der Waals surface area contributed by atoms with Gasteiger partial charge in [0.05, 0.1) is 12.0 Å². The van der Waals surface area contributed by atoms with Crippen LogP contribution in [0, 0.1) is 0 Å². The Bertz CT molecular complexity index is 372. The van der Waals surface area contributed by atoms with Gasteiger partial charge in [0.25, 0.3) is 5.91 Å². The van der Waals surface area contributed by atoms with Crippen LogP contribution in [0.2, 0.25) is 0 Å². The number of ketones is 1. The number of aliphatic imine (C=N–C) groups is 1. The first-order valence-electron chi connectivity index (χ1n) is 4.98. The molecule has 0 unspecified atom stereocenters. The van der Waals surface area contributed by atoms with Crippen LogP contribution in [0.5, 0.6) is 0 Å². The van der Waals surface area contributed by atoms with E-state index in [1.54, 1.807) is 27.7 Å². The van der Waals surface area contributed by atoms with Crippen molar-refractivity contribution >= 4 is 17.4 Å². The molecule has 1 rings (SSSR count). The zero-order valence-electron chi connectivity index (χ0n) is 9.90. The van der Waals surface area contributed by atoms with Gasteiger partial charge in [-0.15, -0.1) is 10.3 Å². The summed E-state index contributed by atoms with van der Waals surface area (Å²) < 4.78 is 0. The van der Waals surface area contributed by atoms with Gasteiger partial charge in [0.1, 0.15) is 5.66 Å². The Morgan fingerprint density at radius 2 is 1.81 bits per heavy atom. The maximum absolute atomic E-state index is 11.9. The lowest BCUT2D eigenvalue weighted by atomic mass is 9.94.